The van der Waals surface area contributed by atoms with Crippen LogP contribution in [-0.2, 0) is 14.3 Å². The Morgan fingerprint density at radius 2 is 2.13 bits per heavy atom. The van der Waals surface area contributed by atoms with Crippen molar-refractivity contribution in [1.29, 1.82) is 0 Å². The van der Waals surface area contributed by atoms with Crippen LogP contribution in [0.3, 0.4) is 0 Å². The van der Waals surface area contributed by atoms with Crippen LogP contribution in [-0.4, -0.2) is 35.7 Å². The Balaban J connectivity index is 2.16. The summed E-state index contributed by atoms with van der Waals surface area (Å²) >= 11 is 0. The van der Waals surface area contributed by atoms with Gasteiger partial charge in [0.05, 0.1) is 0 Å². The van der Waals surface area contributed by atoms with Crippen molar-refractivity contribution in [1.82, 2.24) is 5.32 Å². The molecular weight excluding hydrogens is 198 g/mol. The maximum absolute atomic E-state index is 11.3. The lowest BCUT2D eigenvalue weighted by Crippen LogP contribution is -2.44. The zero-order valence-corrected chi connectivity index (χ0v) is 8.91. The molecule has 1 aliphatic carbocycles. The topological polar surface area (TPSA) is 75.6 Å². The van der Waals surface area contributed by atoms with Gasteiger partial charge in [-0.1, -0.05) is 13.3 Å². The Morgan fingerprint density at radius 1 is 1.47 bits per heavy atom. The molecule has 0 atom stereocenters. The van der Waals surface area contributed by atoms with Crippen LogP contribution in [0.1, 0.15) is 32.6 Å². The molecule has 0 aromatic carbocycles. The van der Waals surface area contributed by atoms with Crippen LogP contribution >= 0.6 is 0 Å². The highest BCUT2D eigenvalue weighted by Crippen LogP contribution is 2.35. The van der Waals surface area contributed by atoms with Crippen molar-refractivity contribution in [3.63, 3.8) is 0 Å². The highest BCUT2D eigenvalue weighted by Gasteiger charge is 2.51. The van der Waals surface area contributed by atoms with Gasteiger partial charge >= 0.3 is 5.97 Å². The van der Waals surface area contributed by atoms with Gasteiger partial charge in [0, 0.05) is 6.61 Å². The van der Waals surface area contributed by atoms with Crippen molar-refractivity contribution in [2.45, 2.75) is 38.1 Å². The van der Waals surface area contributed by atoms with Gasteiger partial charge in [0.2, 0.25) is 5.91 Å². The van der Waals surface area contributed by atoms with Crippen molar-refractivity contribution in [2.75, 3.05) is 13.2 Å². The molecule has 0 aromatic heterocycles. The van der Waals surface area contributed by atoms with E-state index in [1.54, 1.807) is 0 Å². The molecule has 1 rings (SSSR count). The van der Waals surface area contributed by atoms with E-state index in [9.17, 15) is 9.59 Å². The van der Waals surface area contributed by atoms with Crippen molar-refractivity contribution in [2.24, 2.45) is 0 Å². The third-order valence-corrected chi connectivity index (χ3v) is 2.41. The van der Waals surface area contributed by atoms with Crippen LogP contribution < -0.4 is 5.32 Å². The molecule has 86 valence electrons. The van der Waals surface area contributed by atoms with E-state index >= 15 is 0 Å². The number of ether oxygens (including phenoxy) is 1. The molecule has 0 bridgehead atoms. The third kappa shape index (κ3) is 3.51. The first-order chi connectivity index (χ1) is 7.10. The lowest BCUT2D eigenvalue weighted by atomic mass is 10.3. The summed E-state index contributed by atoms with van der Waals surface area (Å²) < 4.78 is 5.08. The lowest BCUT2D eigenvalue weighted by molar-refractivity contribution is -0.143. The molecule has 5 heteroatoms. The van der Waals surface area contributed by atoms with E-state index in [0.717, 1.165) is 12.8 Å². The Labute approximate surface area is 88.8 Å². The molecule has 2 N–H and O–H groups in total. The van der Waals surface area contributed by atoms with Crippen LogP contribution in [0.5, 0.6) is 0 Å². The van der Waals surface area contributed by atoms with E-state index in [1.165, 1.54) is 0 Å². The number of rotatable bonds is 7. The van der Waals surface area contributed by atoms with Gasteiger partial charge < -0.3 is 15.2 Å². The van der Waals surface area contributed by atoms with Crippen LogP contribution in [0, 0.1) is 0 Å². The third-order valence-electron chi connectivity index (χ3n) is 2.41. The fourth-order valence-electron chi connectivity index (χ4n) is 1.23. The lowest BCUT2D eigenvalue weighted by Gasteiger charge is -2.12. The molecule has 1 amide bonds. The van der Waals surface area contributed by atoms with E-state index in [-0.39, 0.29) is 12.5 Å². The van der Waals surface area contributed by atoms with Crippen molar-refractivity contribution in [3.8, 4) is 0 Å². The fourth-order valence-corrected chi connectivity index (χ4v) is 1.23. The second-order valence-corrected chi connectivity index (χ2v) is 3.84. The monoisotopic (exact) mass is 215 g/mol. The predicted molar refractivity (Wildman–Crippen MR) is 53.5 cm³/mol. The number of carboxylic acids is 1. The molecule has 0 unspecified atom stereocenters. The van der Waals surface area contributed by atoms with Gasteiger partial charge in [-0.05, 0) is 19.3 Å². The summed E-state index contributed by atoms with van der Waals surface area (Å²) in [6, 6.07) is 0. The van der Waals surface area contributed by atoms with E-state index < -0.39 is 11.5 Å². The van der Waals surface area contributed by atoms with Gasteiger partial charge in [-0.2, -0.15) is 0 Å². The molecule has 5 nitrogen and oxygen atoms in total. The van der Waals surface area contributed by atoms with Gasteiger partial charge in [0.1, 0.15) is 12.1 Å². The first kappa shape index (κ1) is 12.0. The highest BCUT2D eigenvalue weighted by atomic mass is 16.5. The van der Waals surface area contributed by atoms with Crippen molar-refractivity contribution < 1.29 is 19.4 Å². The average Bonchev–Trinajstić information content (AvgIpc) is 2.93. The van der Waals surface area contributed by atoms with Crippen LogP contribution in [0.25, 0.3) is 0 Å². The first-order valence-electron chi connectivity index (χ1n) is 5.23. The van der Waals surface area contributed by atoms with Gasteiger partial charge in [-0.25, -0.2) is 4.79 Å². The second kappa shape index (κ2) is 5.11. The van der Waals surface area contributed by atoms with E-state index in [4.69, 9.17) is 9.84 Å². The van der Waals surface area contributed by atoms with Crippen molar-refractivity contribution in [3.05, 3.63) is 0 Å². The van der Waals surface area contributed by atoms with Gasteiger partial charge in [0.15, 0.2) is 0 Å². The molecule has 0 radical (unpaired) electrons. The van der Waals surface area contributed by atoms with Crippen LogP contribution in [0.15, 0.2) is 0 Å². The summed E-state index contributed by atoms with van der Waals surface area (Å²) in [5.74, 6) is -1.30. The first-order valence-corrected chi connectivity index (χ1v) is 5.23. The summed E-state index contributed by atoms with van der Waals surface area (Å²) in [7, 11) is 0. The number of hydrogen-bond donors (Lipinski definition) is 2. The second-order valence-electron chi connectivity index (χ2n) is 3.84. The van der Waals surface area contributed by atoms with E-state index in [2.05, 4.69) is 5.32 Å². The number of unbranched alkanes of at least 4 members (excludes halogenated alkanes) is 1. The van der Waals surface area contributed by atoms with Gasteiger partial charge in [0.25, 0.3) is 0 Å². The number of carbonyl (C=O) groups is 2. The molecule has 0 spiro atoms. The van der Waals surface area contributed by atoms with Crippen molar-refractivity contribution >= 4 is 11.9 Å². The molecule has 1 fully saturated rings. The molecule has 15 heavy (non-hydrogen) atoms. The molecular formula is C10H17NO4. The average molecular weight is 215 g/mol. The zero-order chi connectivity index (χ0) is 11.3. The largest absolute Gasteiger partial charge is 0.480 e. The minimum atomic E-state index is -0.995. The standard InChI is InChI=1S/C10H17NO4/c1-2-3-6-15-7-8(12)11-10(4-5-10)9(13)14/h2-7H2,1H3,(H,11,12)(H,13,14). The summed E-state index contributed by atoms with van der Waals surface area (Å²) in [5, 5.41) is 11.3. The molecule has 0 aliphatic heterocycles. The number of nitrogens with one attached hydrogen (secondary N) is 1. The molecule has 0 aromatic rings. The maximum atomic E-state index is 11.3. The fraction of sp³-hybridized carbons (Fsp3) is 0.800. The Kier molecular flexibility index (Phi) is 4.08. The Bertz CT molecular complexity index is 248. The van der Waals surface area contributed by atoms with Crippen LogP contribution in [0.4, 0.5) is 0 Å². The smallest absolute Gasteiger partial charge is 0.329 e. The Morgan fingerprint density at radius 3 is 2.60 bits per heavy atom. The molecule has 0 saturated heterocycles. The normalized spacial score (nSPS) is 17.1. The highest BCUT2D eigenvalue weighted by molar-refractivity contribution is 5.89. The van der Waals surface area contributed by atoms with Crippen LogP contribution in [0.2, 0.25) is 0 Å². The number of hydrogen-bond acceptors (Lipinski definition) is 3. The van der Waals surface area contributed by atoms with E-state index in [1.807, 2.05) is 6.92 Å². The Hall–Kier alpha value is -1.10. The predicted octanol–water partition coefficient (Wildman–Crippen LogP) is 0.536. The molecule has 1 aliphatic rings. The maximum Gasteiger partial charge on any atom is 0.329 e. The summed E-state index contributed by atoms with van der Waals surface area (Å²) in [4.78, 5) is 22.0. The number of carbonyl (C=O) groups excluding carboxylic acids is 1. The zero-order valence-electron chi connectivity index (χ0n) is 8.91. The molecule has 0 heterocycles. The molecule has 1 saturated carbocycles. The minimum Gasteiger partial charge on any atom is -0.480 e. The van der Waals surface area contributed by atoms with Gasteiger partial charge in [-0.15, -0.1) is 0 Å². The van der Waals surface area contributed by atoms with E-state index in [0.29, 0.717) is 19.4 Å². The summed E-state index contributed by atoms with van der Waals surface area (Å²) in [6.45, 7) is 2.53. The number of aliphatic carboxylic acids is 1. The number of amides is 1. The summed E-state index contributed by atoms with van der Waals surface area (Å²) in [5.41, 5.74) is -0.995. The minimum absolute atomic E-state index is 0.0466. The quantitative estimate of drug-likeness (QED) is 0.608. The summed E-state index contributed by atoms with van der Waals surface area (Å²) in [6.07, 6.45) is 2.96. The SMILES string of the molecule is CCCCOCC(=O)NC1(C(=O)O)CC1. The number of carboxylic acid groups (broad SMARTS) is 1. The van der Waals surface area contributed by atoms with Gasteiger partial charge in [-0.3, -0.25) is 4.79 Å².